The predicted octanol–water partition coefficient (Wildman–Crippen LogP) is 6.15. The zero-order valence-corrected chi connectivity index (χ0v) is 20.5. The Balaban J connectivity index is 0.000000809. The van der Waals surface area contributed by atoms with Crippen molar-refractivity contribution >= 4 is 40.3 Å². The average molecular weight is 462 g/mol. The van der Waals surface area contributed by atoms with Gasteiger partial charge in [0.25, 0.3) is 5.91 Å². The number of thiophene rings is 1. The highest BCUT2D eigenvalue weighted by Gasteiger charge is 2.12. The average Bonchev–Trinajstić information content (AvgIpc) is 3.09. The van der Waals surface area contributed by atoms with Crippen LogP contribution in [-0.4, -0.2) is 11.0 Å². The van der Waals surface area contributed by atoms with E-state index in [9.17, 15) is 4.79 Å². The van der Waals surface area contributed by atoms with Crippen molar-refractivity contribution in [3.05, 3.63) is 111 Å². The number of benzene rings is 1. The number of aryl methyl sites for hydroxylation is 3. The molecule has 2 rings (SSSR count). The molecular formula is C26H27N3OS2. The summed E-state index contributed by atoms with van der Waals surface area (Å²) in [6, 6.07) is 6.08. The Morgan fingerprint density at radius 1 is 0.969 bits per heavy atom. The topological polar surface area (TPSA) is 53.2 Å². The lowest BCUT2D eigenvalue weighted by molar-refractivity contribution is 0.0944. The normalized spacial score (nSPS) is 8.00. The van der Waals surface area contributed by atoms with Gasteiger partial charge in [-0.3, -0.25) is 15.6 Å². The maximum atomic E-state index is 12.1. The number of rotatable bonds is 2. The van der Waals surface area contributed by atoms with Crippen LogP contribution in [0.4, 0.5) is 5.69 Å². The number of hydrogen-bond acceptors (Lipinski definition) is 3. The molecule has 0 aliphatic heterocycles. The first-order valence-corrected chi connectivity index (χ1v) is 10.6. The largest absolute Gasteiger partial charge is 0.331 e. The van der Waals surface area contributed by atoms with Crippen LogP contribution < -0.4 is 16.2 Å². The molecule has 1 amide bonds. The van der Waals surface area contributed by atoms with E-state index in [2.05, 4.69) is 76.9 Å². The minimum absolute atomic E-state index is 0.188. The van der Waals surface area contributed by atoms with Crippen LogP contribution in [0, 0.1) is 27.7 Å². The summed E-state index contributed by atoms with van der Waals surface area (Å²) in [4.78, 5) is 13.2. The van der Waals surface area contributed by atoms with Crippen molar-refractivity contribution in [3.8, 4) is 0 Å². The Labute approximate surface area is 200 Å². The molecule has 3 N–H and O–H groups in total. The fourth-order valence-electron chi connectivity index (χ4n) is 2.06. The molecule has 0 spiro atoms. The summed E-state index contributed by atoms with van der Waals surface area (Å²) in [7, 11) is 0. The third kappa shape index (κ3) is 10.9. The van der Waals surface area contributed by atoms with E-state index >= 15 is 0 Å². The van der Waals surface area contributed by atoms with Crippen molar-refractivity contribution in [1.82, 2.24) is 10.9 Å². The Kier molecular flexibility index (Phi) is 14.1. The van der Waals surface area contributed by atoms with E-state index in [0.717, 1.165) is 27.3 Å². The number of anilines is 1. The van der Waals surface area contributed by atoms with Gasteiger partial charge in [-0.15, -0.1) is 17.1 Å². The number of amides is 1. The van der Waals surface area contributed by atoms with Gasteiger partial charge in [0.15, 0.2) is 5.11 Å². The highest BCUT2D eigenvalue weighted by atomic mass is 32.1. The summed E-state index contributed by atoms with van der Waals surface area (Å²) in [5.74, 6) is -0.188. The molecule has 2 aromatic rings. The van der Waals surface area contributed by atoms with E-state index in [1.165, 1.54) is 0 Å². The van der Waals surface area contributed by atoms with Gasteiger partial charge in [-0.25, -0.2) is 0 Å². The zero-order chi connectivity index (χ0) is 24.5. The van der Waals surface area contributed by atoms with Crippen molar-refractivity contribution < 1.29 is 4.79 Å². The Morgan fingerprint density at radius 3 is 2.06 bits per heavy atom. The van der Waals surface area contributed by atoms with E-state index < -0.39 is 0 Å². The molecule has 0 fully saturated rings. The number of carbonyl (C=O) groups is 1. The second kappa shape index (κ2) is 16.0. The summed E-state index contributed by atoms with van der Waals surface area (Å²) >= 11 is 6.77. The van der Waals surface area contributed by atoms with Crippen LogP contribution >= 0.6 is 23.6 Å². The third-order valence-corrected chi connectivity index (χ3v) is 4.98. The highest BCUT2D eigenvalue weighted by molar-refractivity contribution is 7.80. The fourth-order valence-corrected chi connectivity index (χ4v) is 3.09. The molecule has 164 valence electrons. The van der Waals surface area contributed by atoms with Crippen LogP contribution in [-0.2, 0) is 0 Å². The summed E-state index contributed by atoms with van der Waals surface area (Å²) < 4.78 is 0. The van der Waals surface area contributed by atoms with Crippen molar-refractivity contribution in [2.45, 2.75) is 27.7 Å². The first-order valence-electron chi connectivity index (χ1n) is 9.29. The first kappa shape index (κ1) is 28.2. The first-order chi connectivity index (χ1) is 15.2. The molecule has 0 bridgehead atoms. The van der Waals surface area contributed by atoms with Crippen molar-refractivity contribution in [1.29, 1.82) is 0 Å². The number of hydrogen-bond donors (Lipinski definition) is 3. The number of thiocarbonyl (C=S) groups is 1. The zero-order valence-electron chi connectivity index (χ0n) is 18.9. The molecular weight excluding hydrogens is 434 g/mol. The SMILES string of the molecule is C=C=C.C=C=C=C=C=C=C.Cc1ccc(C)c(NC(=S)NNC(=O)c2csc(C)c2C)c1. The molecule has 1 heterocycles. The molecule has 0 saturated heterocycles. The van der Waals surface area contributed by atoms with Gasteiger partial charge in [0.05, 0.1) is 5.56 Å². The molecule has 0 saturated carbocycles. The van der Waals surface area contributed by atoms with Gasteiger partial charge in [-0.2, -0.15) is 0 Å². The Morgan fingerprint density at radius 2 is 1.56 bits per heavy atom. The van der Waals surface area contributed by atoms with E-state index in [1.54, 1.807) is 11.3 Å². The standard InChI is InChI=1S/C16H19N3OS2.C7H4.C3H4/c1-9-5-6-10(2)14(7-9)17-16(21)19-18-15(20)13-8-22-12(4)11(13)3;1-3-5-7-6-4-2;1-3-2/h5-8H,1-4H3,(H,18,20)(H2,17,19,21);1-2H2;1-2H2. The van der Waals surface area contributed by atoms with Crippen molar-refractivity contribution in [3.63, 3.8) is 0 Å². The van der Waals surface area contributed by atoms with Gasteiger partial charge in [-0.1, -0.05) is 36.8 Å². The smallest absolute Gasteiger partial charge is 0.270 e. The Bertz CT molecular complexity index is 1150. The quantitative estimate of drug-likeness (QED) is 0.285. The molecule has 4 nitrogen and oxygen atoms in total. The van der Waals surface area contributed by atoms with E-state index in [4.69, 9.17) is 12.2 Å². The lowest BCUT2D eigenvalue weighted by Gasteiger charge is -2.13. The molecule has 0 aliphatic carbocycles. The number of carbonyl (C=O) groups excluding carboxylic acids is 1. The molecule has 0 unspecified atom stereocenters. The van der Waals surface area contributed by atoms with Crippen molar-refractivity contribution in [2.75, 3.05) is 5.32 Å². The monoisotopic (exact) mass is 461 g/mol. The van der Waals surface area contributed by atoms with Gasteiger partial charge in [0, 0.05) is 15.9 Å². The minimum atomic E-state index is -0.188. The van der Waals surface area contributed by atoms with Gasteiger partial charge in [0.2, 0.25) is 0 Å². The van der Waals surface area contributed by atoms with E-state index in [1.807, 2.05) is 51.3 Å². The second-order valence-corrected chi connectivity index (χ2v) is 7.65. The fraction of sp³-hybridized carbons (Fsp3) is 0.154. The van der Waals surface area contributed by atoms with Gasteiger partial charge in [-0.05, 0) is 93.0 Å². The van der Waals surface area contributed by atoms with Gasteiger partial charge < -0.3 is 5.32 Å². The number of nitrogens with one attached hydrogen (secondary N) is 3. The minimum Gasteiger partial charge on any atom is -0.331 e. The molecule has 6 heteroatoms. The molecule has 1 aromatic carbocycles. The summed E-state index contributed by atoms with van der Waals surface area (Å²) in [6.45, 7) is 20.7. The summed E-state index contributed by atoms with van der Waals surface area (Å²) in [5, 5.41) is 5.29. The lowest BCUT2D eigenvalue weighted by Crippen LogP contribution is -2.43. The maximum Gasteiger partial charge on any atom is 0.270 e. The summed E-state index contributed by atoms with van der Waals surface area (Å²) in [5.41, 5.74) is 24.4. The van der Waals surface area contributed by atoms with Gasteiger partial charge in [0.1, 0.15) is 0 Å². The Hall–Kier alpha value is -3.76. The van der Waals surface area contributed by atoms with E-state index in [-0.39, 0.29) is 5.91 Å². The third-order valence-electron chi connectivity index (χ3n) is 3.76. The van der Waals surface area contributed by atoms with Crippen LogP contribution in [0.3, 0.4) is 0 Å². The van der Waals surface area contributed by atoms with Crippen LogP contribution in [0.15, 0.2) is 84.3 Å². The molecule has 0 aliphatic rings. The second-order valence-electron chi connectivity index (χ2n) is 6.16. The molecule has 1 aromatic heterocycles. The molecule has 32 heavy (non-hydrogen) atoms. The van der Waals surface area contributed by atoms with Crippen molar-refractivity contribution in [2.24, 2.45) is 0 Å². The molecule has 0 atom stereocenters. The van der Waals surface area contributed by atoms with Gasteiger partial charge >= 0.3 is 0 Å². The van der Waals surface area contributed by atoms with Crippen LogP contribution in [0.2, 0.25) is 0 Å². The van der Waals surface area contributed by atoms with Crippen LogP contribution in [0.25, 0.3) is 0 Å². The lowest BCUT2D eigenvalue weighted by atomic mass is 10.1. The number of hydrazine groups is 1. The van der Waals surface area contributed by atoms with Crippen LogP contribution in [0.5, 0.6) is 0 Å². The maximum absolute atomic E-state index is 12.1. The highest BCUT2D eigenvalue weighted by Crippen LogP contribution is 2.20. The van der Waals surface area contributed by atoms with E-state index in [0.29, 0.717) is 10.7 Å². The summed E-state index contributed by atoms with van der Waals surface area (Å²) in [6.07, 6.45) is 0. The van der Waals surface area contributed by atoms with Crippen LogP contribution in [0.1, 0.15) is 31.9 Å². The molecule has 0 radical (unpaired) electrons. The predicted molar refractivity (Wildman–Crippen MR) is 140 cm³/mol.